The summed E-state index contributed by atoms with van der Waals surface area (Å²) in [5, 5.41) is 7.15. The second-order valence-electron chi connectivity index (χ2n) is 8.87. The minimum absolute atomic E-state index is 0.0655. The Morgan fingerprint density at radius 1 is 1.03 bits per heavy atom. The third kappa shape index (κ3) is 3.56. The summed E-state index contributed by atoms with van der Waals surface area (Å²) in [6.07, 6.45) is 5.77. The number of nitrogens with one attached hydrogen (secondary N) is 2. The molecule has 2 N–H and O–H groups in total. The van der Waals surface area contributed by atoms with Crippen molar-refractivity contribution < 1.29 is 14.3 Å². The first kappa shape index (κ1) is 23.3. The van der Waals surface area contributed by atoms with Crippen LogP contribution in [-0.4, -0.2) is 18.9 Å². The van der Waals surface area contributed by atoms with Gasteiger partial charge < -0.3 is 15.4 Å². The molecule has 3 aromatic carbocycles. The first-order chi connectivity index (χ1) is 16.8. The number of rotatable bonds is 3. The van der Waals surface area contributed by atoms with Crippen molar-refractivity contribution in [3.05, 3.63) is 92.5 Å². The Morgan fingerprint density at radius 2 is 1.77 bits per heavy atom. The summed E-state index contributed by atoms with van der Waals surface area (Å²) >= 11 is 12.7. The molecule has 7 heteroatoms. The van der Waals surface area contributed by atoms with E-state index in [0.29, 0.717) is 32.6 Å². The molecule has 5 rings (SSSR count). The third-order valence-corrected chi connectivity index (χ3v) is 7.55. The van der Waals surface area contributed by atoms with E-state index in [1.54, 1.807) is 37.4 Å². The van der Waals surface area contributed by atoms with E-state index in [-0.39, 0.29) is 18.2 Å². The van der Waals surface area contributed by atoms with E-state index in [4.69, 9.17) is 34.4 Å². The molecule has 0 unspecified atom stereocenters. The Balaban J connectivity index is 1.86. The zero-order valence-electron chi connectivity index (χ0n) is 19.1. The number of aryl methyl sites for hydroxylation is 1. The van der Waals surface area contributed by atoms with E-state index in [1.165, 1.54) is 0 Å². The van der Waals surface area contributed by atoms with Crippen molar-refractivity contribution in [3.63, 3.8) is 0 Å². The highest BCUT2D eigenvalue weighted by molar-refractivity contribution is 6.31. The van der Waals surface area contributed by atoms with E-state index in [1.807, 2.05) is 31.2 Å². The van der Waals surface area contributed by atoms with Gasteiger partial charge >= 0.3 is 0 Å². The maximum absolute atomic E-state index is 14.1. The van der Waals surface area contributed by atoms with E-state index in [2.05, 4.69) is 16.6 Å². The number of carbonyl (C=O) groups excluding carboxylic acids is 2. The van der Waals surface area contributed by atoms with Crippen LogP contribution in [0.15, 0.2) is 54.6 Å². The number of terminal acetylenes is 1. The van der Waals surface area contributed by atoms with Gasteiger partial charge in [0.2, 0.25) is 11.8 Å². The van der Waals surface area contributed by atoms with Crippen LogP contribution in [0.4, 0.5) is 5.69 Å². The van der Waals surface area contributed by atoms with Crippen LogP contribution in [-0.2, 0) is 15.0 Å². The fourth-order valence-electron chi connectivity index (χ4n) is 5.54. The van der Waals surface area contributed by atoms with Crippen molar-refractivity contribution in [2.24, 2.45) is 0 Å². The maximum atomic E-state index is 14.1. The number of piperidine rings is 1. The number of methoxy groups -OCH3 is 1. The number of hydrogen-bond acceptors (Lipinski definition) is 3. The first-order valence-corrected chi connectivity index (χ1v) is 11.9. The number of ether oxygens (including phenoxy) is 1. The van der Waals surface area contributed by atoms with Crippen molar-refractivity contribution in [1.29, 1.82) is 0 Å². The SMILES string of the molecule is C#Cc1ccc(OC)c([C@H]2CC(=O)N[C@@H](c3cc(Cl)ccc3C)[C@]23C(=O)Nc2cc(Cl)ccc23)c1. The first-order valence-electron chi connectivity index (χ1n) is 11.1. The zero-order valence-corrected chi connectivity index (χ0v) is 20.6. The highest BCUT2D eigenvalue weighted by Crippen LogP contribution is 2.59. The highest BCUT2D eigenvalue weighted by atomic mass is 35.5. The smallest absolute Gasteiger partial charge is 0.238 e. The number of fused-ring (bicyclic) bond motifs is 2. The number of anilines is 1. The Morgan fingerprint density at radius 3 is 2.51 bits per heavy atom. The Bertz CT molecular complexity index is 1430. The molecule has 3 atom stereocenters. The number of amides is 2. The Labute approximate surface area is 213 Å². The Kier molecular flexibility index (Phi) is 5.75. The summed E-state index contributed by atoms with van der Waals surface area (Å²) in [4.78, 5) is 27.3. The monoisotopic (exact) mass is 504 g/mol. The summed E-state index contributed by atoms with van der Waals surface area (Å²) in [7, 11) is 1.56. The molecule has 2 aliphatic rings. The summed E-state index contributed by atoms with van der Waals surface area (Å²) in [5.74, 6) is 2.21. The van der Waals surface area contributed by atoms with Crippen molar-refractivity contribution >= 4 is 40.7 Å². The summed E-state index contributed by atoms with van der Waals surface area (Å²) in [5.41, 5.74) is 3.14. The fourth-order valence-corrected chi connectivity index (χ4v) is 5.89. The molecule has 1 fully saturated rings. The molecule has 35 heavy (non-hydrogen) atoms. The van der Waals surface area contributed by atoms with Gasteiger partial charge in [0.25, 0.3) is 0 Å². The van der Waals surface area contributed by atoms with E-state index in [9.17, 15) is 9.59 Å². The topological polar surface area (TPSA) is 67.4 Å². The van der Waals surface area contributed by atoms with E-state index >= 15 is 0 Å². The molecule has 2 amide bonds. The van der Waals surface area contributed by atoms with Crippen LogP contribution in [0.1, 0.15) is 46.2 Å². The van der Waals surface area contributed by atoms with Crippen LogP contribution in [0.3, 0.4) is 0 Å². The molecule has 1 spiro atoms. The minimum atomic E-state index is -1.20. The van der Waals surface area contributed by atoms with Gasteiger partial charge in [0.05, 0.1) is 13.2 Å². The number of carbonyl (C=O) groups is 2. The number of benzene rings is 3. The molecule has 0 bridgehead atoms. The van der Waals surface area contributed by atoms with Crippen LogP contribution in [0.5, 0.6) is 5.75 Å². The largest absolute Gasteiger partial charge is 0.496 e. The van der Waals surface area contributed by atoms with Gasteiger partial charge in [-0.05, 0) is 66.1 Å². The zero-order chi connectivity index (χ0) is 24.9. The molecular formula is C28H22Cl2N2O3. The molecule has 2 heterocycles. The molecule has 0 aliphatic carbocycles. The van der Waals surface area contributed by atoms with Crippen molar-refractivity contribution in [2.45, 2.75) is 30.7 Å². The van der Waals surface area contributed by atoms with Crippen molar-refractivity contribution in [1.82, 2.24) is 5.32 Å². The van der Waals surface area contributed by atoms with Crippen LogP contribution in [0, 0.1) is 19.3 Å². The molecular weight excluding hydrogens is 483 g/mol. The summed E-state index contributed by atoms with van der Waals surface area (Å²) in [6, 6.07) is 15.5. The lowest BCUT2D eigenvalue weighted by atomic mass is 9.58. The minimum Gasteiger partial charge on any atom is -0.496 e. The van der Waals surface area contributed by atoms with Crippen LogP contribution in [0.2, 0.25) is 10.0 Å². The van der Waals surface area contributed by atoms with Gasteiger partial charge in [0, 0.05) is 39.2 Å². The number of hydrogen-bond donors (Lipinski definition) is 2. The lowest BCUT2D eigenvalue weighted by Gasteiger charge is -2.47. The van der Waals surface area contributed by atoms with Gasteiger partial charge in [-0.1, -0.05) is 41.3 Å². The highest BCUT2D eigenvalue weighted by Gasteiger charge is 2.61. The maximum Gasteiger partial charge on any atom is 0.238 e. The molecule has 0 saturated carbocycles. The van der Waals surface area contributed by atoms with Crippen LogP contribution < -0.4 is 15.4 Å². The molecule has 1 saturated heterocycles. The lowest BCUT2D eigenvalue weighted by Crippen LogP contribution is -2.57. The standard InChI is InChI=1S/C28H22Cl2N2O3/c1-4-16-6-10-24(35-3)20(11-16)22-14-25(33)32-26(19-12-17(29)7-5-15(19)2)28(22)21-9-8-18(30)13-23(21)31-27(28)34/h1,5-13,22,26H,14H2,2-3H3,(H,31,34)(H,32,33)/t22-,26+,28-/m1/s1. The second kappa shape index (κ2) is 8.64. The predicted molar refractivity (Wildman–Crippen MR) is 137 cm³/mol. The van der Waals surface area contributed by atoms with Gasteiger partial charge in [0.1, 0.15) is 11.2 Å². The van der Waals surface area contributed by atoms with Gasteiger partial charge in [0.15, 0.2) is 0 Å². The molecule has 0 radical (unpaired) electrons. The van der Waals surface area contributed by atoms with Gasteiger partial charge in [-0.2, -0.15) is 0 Å². The molecule has 5 nitrogen and oxygen atoms in total. The molecule has 2 aliphatic heterocycles. The van der Waals surface area contributed by atoms with Gasteiger partial charge in [-0.3, -0.25) is 9.59 Å². The van der Waals surface area contributed by atoms with Crippen molar-refractivity contribution in [3.8, 4) is 18.1 Å². The molecule has 176 valence electrons. The normalized spacial score (nSPS) is 22.8. The second-order valence-corrected chi connectivity index (χ2v) is 9.75. The van der Waals surface area contributed by atoms with E-state index < -0.39 is 17.4 Å². The Hall–Kier alpha value is -3.46. The van der Waals surface area contributed by atoms with Gasteiger partial charge in [-0.25, -0.2) is 0 Å². The predicted octanol–water partition coefficient (Wildman–Crippen LogP) is 5.53. The van der Waals surface area contributed by atoms with Crippen LogP contribution >= 0.6 is 23.2 Å². The lowest BCUT2D eigenvalue weighted by molar-refractivity contribution is -0.131. The van der Waals surface area contributed by atoms with Crippen molar-refractivity contribution in [2.75, 3.05) is 12.4 Å². The quantitative estimate of drug-likeness (QED) is 0.461. The molecule has 0 aromatic heterocycles. The fraction of sp³-hybridized carbons (Fsp3) is 0.214. The summed E-state index contributed by atoms with van der Waals surface area (Å²) < 4.78 is 5.69. The number of halogens is 2. The van der Waals surface area contributed by atoms with Crippen LogP contribution in [0.25, 0.3) is 0 Å². The van der Waals surface area contributed by atoms with Gasteiger partial charge in [-0.15, -0.1) is 6.42 Å². The molecule has 3 aromatic rings. The average molecular weight is 505 g/mol. The van der Waals surface area contributed by atoms with E-state index in [0.717, 1.165) is 16.7 Å². The summed E-state index contributed by atoms with van der Waals surface area (Å²) in [6.45, 7) is 1.93. The average Bonchev–Trinajstić information content (AvgIpc) is 3.12. The third-order valence-electron chi connectivity index (χ3n) is 7.08.